The van der Waals surface area contributed by atoms with Crippen LogP contribution in [-0.4, -0.2) is 39.0 Å². The second-order valence-corrected chi connectivity index (χ2v) is 5.91. The number of nitrogens with two attached hydrogens (primary N) is 1. The maximum atomic E-state index is 12.5. The number of hydrogen-bond donors (Lipinski definition) is 1. The third-order valence-electron chi connectivity index (χ3n) is 2.82. The molecule has 2 aromatic heterocycles. The summed E-state index contributed by atoms with van der Waals surface area (Å²) in [5.74, 6) is 0. The second kappa shape index (κ2) is 4.71. The fourth-order valence-corrected chi connectivity index (χ4v) is 3.43. The minimum absolute atomic E-state index is 0.0570. The van der Waals surface area contributed by atoms with Crippen molar-refractivity contribution in [3.63, 3.8) is 0 Å². The predicted octanol–water partition coefficient (Wildman–Crippen LogP) is -0.129. The van der Waals surface area contributed by atoms with E-state index < -0.39 is 21.0 Å². The highest BCUT2D eigenvalue weighted by Crippen LogP contribution is 2.24. The first kappa shape index (κ1) is 14.2. The Labute approximate surface area is 115 Å². The minimum Gasteiger partial charge on any atom is -0.350 e. The van der Waals surface area contributed by atoms with E-state index in [0.717, 1.165) is 6.33 Å². The number of aromatic nitrogens is 5. The second-order valence-electron chi connectivity index (χ2n) is 4.13. The number of nitrogens with zero attached hydrogens (tertiary/aromatic N) is 5. The van der Waals surface area contributed by atoms with Crippen LogP contribution >= 0.6 is 0 Å². The van der Waals surface area contributed by atoms with Crippen LogP contribution in [0.3, 0.4) is 0 Å². The third-order valence-corrected chi connectivity index (χ3v) is 4.62. The summed E-state index contributed by atoms with van der Waals surface area (Å²) in [6.45, 7) is 5.65. The lowest BCUT2D eigenvalue weighted by atomic mass is 10.4. The molecule has 0 aromatic carbocycles. The van der Waals surface area contributed by atoms with Crippen molar-refractivity contribution in [1.82, 2.24) is 24.5 Å². The van der Waals surface area contributed by atoms with Gasteiger partial charge in [0.2, 0.25) is 9.84 Å². The summed E-state index contributed by atoms with van der Waals surface area (Å²) in [7, 11) is -3.94. The van der Waals surface area contributed by atoms with Gasteiger partial charge in [-0.2, -0.15) is 9.78 Å². The molecule has 0 aliphatic heterocycles. The third kappa shape index (κ3) is 2.07. The van der Waals surface area contributed by atoms with Gasteiger partial charge in [0.15, 0.2) is 0 Å². The molecule has 2 rings (SSSR count). The van der Waals surface area contributed by atoms with Gasteiger partial charge in [0, 0.05) is 6.54 Å². The van der Waals surface area contributed by atoms with Crippen LogP contribution in [-0.2, 0) is 16.4 Å². The Morgan fingerprint density at radius 1 is 1.35 bits per heavy atom. The van der Waals surface area contributed by atoms with E-state index in [2.05, 4.69) is 15.2 Å². The van der Waals surface area contributed by atoms with E-state index in [9.17, 15) is 13.2 Å². The summed E-state index contributed by atoms with van der Waals surface area (Å²) in [5, 5.41) is 7.25. The van der Waals surface area contributed by atoms with Crippen molar-refractivity contribution >= 4 is 15.9 Å². The van der Waals surface area contributed by atoms with Gasteiger partial charge in [0.1, 0.15) is 11.2 Å². The zero-order valence-corrected chi connectivity index (χ0v) is 12.0. The normalized spacial score (nSPS) is 11.8. The first-order chi connectivity index (χ1) is 9.28. The molecule has 0 saturated carbocycles. The van der Waals surface area contributed by atoms with Gasteiger partial charge in [0.25, 0.3) is 5.16 Å². The molecule has 0 bridgehead atoms. The first-order valence-corrected chi connectivity index (χ1v) is 7.28. The molecule has 0 aliphatic carbocycles. The average Bonchev–Trinajstić information content (AvgIpc) is 2.94. The molecule has 0 saturated heterocycles. The largest absolute Gasteiger partial charge is 0.350 e. The summed E-state index contributed by atoms with van der Waals surface area (Å²) < 4.78 is 27.2. The highest BCUT2D eigenvalue weighted by molar-refractivity contribution is 7.91. The van der Waals surface area contributed by atoms with Gasteiger partial charge in [-0.15, -0.1) is 5.10 Å². The van der Waals surface area contributed by atoms with E-state index in [1.165, 1.54) is 0 Å². The summed E-state index contributed by atoms with van der Waals surface area (Å²) in [4.78, 5) is 14.6. The molecule has 0 unspecified atom stereocenters. The highest BCUT2D eigenvalue weighted by Gasteiger charge is 2.30. The maximum Gasteiger partial charge on any atom is 0.340 e. The van der Waals surface area contributed by atoms with Crippen molar-refractivity contribution in [2.24, 2.45) is 5.73 Å². The van der Waals surface area contributed by atoms with Gasteiger partial charge in [-0.05, 0) is 20.8 Å². The van der Waals surface area contributed by atoms with Gasteiger partial charge in [-0.25, -0.2) is 18.2 Å². The molecular weight excluding hydrogens is 284 g/mol. The number of carbonyl (C=O) groups is 1. The zero-order valence-electron chi connectivity index (χ0n) is 11.2. The quantitative estimate of drug-likeness (QED) is 0.841. The summed E-state index contributed by atoms with van der Waals surface area (Å²) in [6, 6.07) is -0.906. The molecular formula is C10H14N6O3S. The van der Waals surface area contributed by atoms with Gasteiger partial charge in [-0.1, -0.05) is 0 Å². The lowest BCUT2D eigenvalue weighted by molar-refractivity contribution is 0.247. The van der Waals surface area contributed by atoms with Crippen molar-refractivity contribution in [2.45, 2.75) is 37.4 Å². The average molecular weight is 298 g/mol. The Bertz CT molecular complexity index is 773. The van der Waals surface area contributed by atoms with Crippen molar-refractivity contribution in [3.8, 4) is 0 Å². The van der Waals surface area contributed by atoms with E-state index in [0.29, 0.717) is 22.6 Å². The van der Waals surface area contributed by atoms with Crippen molar-refractivity contribution < 1.29 is 13.2 Å². The molecule has 0 spiro atoms. The Morgan fingerprint density at radius 2 is 2.00 bits per heavy atom. The van der Waals surface area contributed by atoms with Crippen LogP contribution in [0.15, 0.2) is 16.4 Å². The number of sulfone groups is 1. The molecule has 0 fully saturated rings. The van der Waals surface area contributed by atoms with Crippen molar-refractivity contribution in [1.29, 1.82) is 0 Å². The van der Waals surface area contributed by atoms with Crippen LogP contribution in [0.5, 0.6) is 0 Å². The van der Waals surface area contributed by atoms with Crippen molar-refractivity contribution in [3.05, 3.63) is 17.7 Å². The van der Waals surface area contributed by atoms with Crippen LogP contribution in [0.25, 0.3) is 0 Å². The number of aryl methyl sites for hydroxylation is 2. The molecule has 10 heteroatoms. The van der Waals surface area contributed by atoms with Crippen molar-refractivity contribution in [2.75, 3.05) is 0 Å². The van der Waals surface area contributed by atoms with E-state index in [-0.39, 0.29) is 4.90 Å². The van der Waals surface area contributed by atoms with E-state index >= 15 is 0 Å². The topological polar surface area (TPSA) is 126 Å². The lowest BCUT2D eigenvalue weighted by Gasteiger charge is -2.01. The molecule has 9 nitrogen and oxygen atoms in total. The van der Waals surface area contributed by atoms with E-state index in [1.54, 1.807) is 18.5 Å². The standard InChI is InChI=1S/C10H14N6O3S/c1-4-15-7(3)8(6(2)13-15)20(18,19)10-12-5-16(14-10)9(11)17/h5H,4H2,1-3H3,(H2,11,17). The first-order valence-electron chi connectivity index (χ1n) is 5.79. The number of primary amides is 1. The molecule has 0 aliphatic rings. The van der Waals surface area contributed by atoms with Crippen LogP contribution < -0.4 is 5.73 Å². The lowest BCUT2D eigenvalue weighted by Crippen LogP contribution is -2.20. The summed E-state index contributed by atoms with van der Waals surface area (Å²) >= 11 is 0. The van der Waals surface area contributed by atoms with Crippen LogP contribution in [0.1, 0.15) is 18.3 Å². The molecule has 2 N–H and O–H groups in total. The fraction of sp³-hybridized carbons (Fsp3) is 0.400. The SMILES string of the molecule is CCn1nc(C)c(S(=O)(=O)c2ncn(C(N)=O)n2)c1C. The Balaban J connectivity index is 2.60. The Morgan fingerprint density at radius 3 is 2.45 bits per heavy atom. The van der Waals surface area contributed by atoms with Gasteiger partial charge in [0.05, 0.1) is 11.4 Å². The summed E-state index contributed by atoms with van der Waals surface area (Å²) in [6.07, 6.45) is 0.962. The number of rotatable bonds is 3. The molecule has 20 heavy (non-hydrogen) atoms. The van der Waals surface area contributed by atoms with Crippen LogP contribution in [0, 0.1) is 13.8 Å². The smallest absolute Gasteiger partial charge is 0.340 e. The number of carbonyl (C=O) groups excluding carboxylic acids is 1. The molecule has 1 amide bonds. The molecule has 108 valence electrons. The van der Waals surface area contributed by atoms with Crippen LogP contribution in [0.2, 0.25) is 0 Å². The predicted molar refractivity (Wildman–Crippen MR) is 67.8 cm³/mol. The number of hydrogen-bond acceptors (Lipinski definition) is 6. The van der Waals surface area contributed by atoms with Gasteiger partial charge < -0.3 is 5.73 Å². The minimum atomic E-state index is -3.94. The summed E-state index contributed by atoms with van der Waals surface area (Å²) in [5.41, 5.74) is 5.87. The molecule has 2 aromatic rings. The number of amides is 1. The van der Waals surface area contributed by atoms with Crippen LogP contribution in [0.4, 0.5) is 4.79 Å². The fourth-order valence-electron chi connectivity index (χ4n) is 1.95. The maximum absolute atomic E-state index is 12.5. The molecule has 0 atom stereocenters. The Hall–Kier alpha value is -2.23. The highest BCUT2D eigenvalue weighted by atomic mass is 32.2. The van der Waals surface area contributed by atoms with E-state index in [1.807, 2.05) is 6.92 Å². The molecule has 0 radical (unpaired) electrons. The monoisotopic (exact) mass is 298 g/mol. The Kier molecular flexibility index (Phi) is 3.34. The van der Waals surface area contributed by atoms with E-state index in [4.69, 9.17) is 5.73 Å². The zero-order chi connectivity index (χ0) is 15.1. The molecule has 2 heterocycles. The van der Waals surface area contributed by atoms with Gasteiger partial charge in [-0.3, -0.25) is 4.68 Å². The van der Waals surface area contributed by atoms with Gasteiger partial charge >= 0.3 is 6.03 Å².